The van der Waals surface area contributed by atoms with Gasteiger partial charge in [-0.3, -0.25) is 4.79 Å². The Labute approximate surface area is 115 Å². The van der Waals surface area contributed by atoms with Crippen molar-refractivity contribution in [3.8, 4) is 0 Å². The summed E-state index contributed by atoms with van der Waals surface area (Å²) < 4.78 is 5.03. The van der Waals surface area contributed by atoms with E-state index in [1.54, 1.807) is 12.1 Å². The van der Waals surface area contributed by atoms with Gasteiger partial charge in [0.1, 0.15) is 0 Å². The summed E-state index contributed by atoms with van der Waals surface area (Å²) in [6, 6.07) is 10.2. The lowest BCUT2D eigenvalue weighted by molar-refractivity contribution is 0.0912. The van der Waals surface area contributed by atoms with Crippen LogP contribution in [0.1, 0.15) is 29.1 Å². The van der Waals surface area contributed by atoms with Crippen LogP contribution < -0.4 is 5.32 Å². The molecule has 1 atom stereocenters. The molecule has 94 valence electrons. The van der Waals surface area contributed by atoms with Gasteiger partial charge in [-0.1, -0.05) is 23.7 Å². The second-order valence-corrected chi connectivity index (χ2v) is 4.66. The summed E-state index contributed by atoms with van der Waals surface area (Å²) in [6.07, 6.45) is 0. The molecule has 2 rings (SSSR count). The Hall–Kier alpha value is -1.45. The van der Waals surface area contributed by atoms with Gasteiger partial charge in [0, 0.05) is 5.02 Å². The number of rotatable bonds is 3. The molecule has 1 N–H and O–H groups in total. The lowest BCUT2D eigenvalue weighted by Gasteiger charge is -2.13. The standard InChI is InChI=1S/C13H11Cl2NO2/c1-8(9-2-4-10(14)5-3-9)16-13(17)11-6-7-12(15)18-11/h2-8H,1H3,(H,16,17)/t8-/m0/s1. The van der Waals surface area contributed by atoms with Crippen LogP contribution in [-0.4, -0.2) is 5.91 Å². The van der Waals surface area contributed by atoms with E-state index in [2.05, 4.69) is 5.32 Å². The molecule has 0 aliphatic heterocycles. The van der Waals surface area contributed by atoms with Gasteiger partial charge in [-0.2, -0.15) is 0 Å². The molecule has 0 aliphatic rings. The van der Waals surface area contributed by atoms with Crippen LogP contribution in [0.25, 0.3) is 0 Å². The number of furan rings is 1. The van der Waals surface area contributed by atoms with E-state index in [9.17, 15) is 4.79 Å². The zero-order valence-electron chi connectivity index (χ0n) is 9.61. The van der Waals surface area contributed by atoms with E-state index in [4.69, 9.17) is 27.6 Å². The van der Waals surface area contributed by atoms with Gasteiger partial charge in [0.15, 0.2) is 11.0 Å². The van der Waals surface area contributed by atoms with Crippen LogP contribution >= 0.6 is 23.2 Å². The zero-order chi connectivity index (χ0) is 13.1. The highest BCUT2D eigenvalue weighted by Crippen LogP contribution is 2.18. The zero-order valence-corrected chi connectivity index (χ0v) is 11.1. The first kappa shape index (κ1) is 13.0. The second kappa shape index (κ2) is 5.46. The second-order valence-electron chi connectivity index (χ2n) is 3.85. The highest BCUT2D eigenvalue weighted by molar-refractivity contribution is 6.30. The highest BCUT2D eigenvalue weighted by atomic mass is 35.5. The Morgan fingerprint density at radius 3 is 2.39 bits per heavy atom. The van der Waals surface area contributed by atoms with E-state index < -0.39 is 0 Å². The Bertz CT molecular complexity index is 548. The average molecular weight is 284 g/mol. The Morgan fingerprint density at radius 2 is 1.83 bits per heavy atom. The maximum absolute atomic E-state index is 11.8. The molecular weight excluding hydrogens is 273 g/mol. The van der Waals surface area contributed by atoms with Gasteiger partial charge in [-0.15, -0.1) is 0 Å². The highest BCUT2D eigenvalue weighted by Gasteiger charge is 2.14. The van der Waals surface area contributed by atoms with Gasteiger partial charge < -0.3 is 9.73 Å². The van der Waals surface area contributed by atoms with Crippen LogP contribution in [0, 0.1) is 0 Å². The summed E-state index contributed by atoms with van der Waals surface area (Å²) in [5, 5.41) is 3.67. The van der Waals surface area contributed by atoms with Crippen LogP contribution in [-0.2, 0) is 0 Å². The number of halogens is 2. The van der Waals surface area contributed by atoms with Crippen molar-refractivity contribution in [1.82, 2.24) is 5.32 Å². The number of hydrogen-bond acceptors (Lipinski definition) is 2. The number of carbonyl (C=O) groups is 1. The molecule has 0 spiro atoms. The minimum absolute atomic E-state index is 0.140. The van der Waals surface area contributed by atoms with Crippen LogP contribution in [0.2, 0.25) is 10.2 Å². The minimum Gasteiger partial charge on any atom is -0.440 e. The molecule has 0 unspecified atom stereocenters. The van der Waals surface area contributed by atoms with Gasteiger partial charge in [0.25, 0.3) is 5.91 Å². The maximum Gasteiger partial charge on any atom is 0.287 e. The number of hydrogen-bond donors (Lipinski definition) is 1. The number of amides is 1. The van der Waals surface area contributed by atoms with Crippen molar-refractivity contribution in [2.24, 2.45) is 0 Å². The molecule has 0 radical (unpaired) electrons. The Morgan fingerprint density at radius 1 is 1.17 bits per heavy atom. The van der Waals surface area contributed by atoms with E-state index in [1.165, 1.54) is 12.1 Å². The molecular formula is C13H11Cl2NO2. The summed E-state index contributed by atoms with van der Waals surface area (Å²) in [7, 11) is 0. The van der Waals surface area contributed by atoms with E-state index in [0.717, 1.165) is 5.56 Å². The summed E-state index contributed by atoms with van der Waals surface area (Å²) in [6.45, 7) is 1.88. The predicted octanol–water partition coefficient (Wildman–Crippen LogP) is 4.08. The molecule has 0 saturated carbocycles. The number of carbonyl (C=O) groups excluding carboxylic acids is 1. The average Bonchev–Trinajstić information content (AvgIpc) is 2.76. The molecule has 0 bridgehead atoms. The molecule has 0 aliphatic carbocycles. The lowest BCUT2D eigenvalue weighted by Crippen LogP contribution is -2.26. The van der Waals surface area contributed by atoms with Gasteiger partial charge in [0.05, 0.1) is 6.04 Å². The first-order valence-corrected chi connectivity index (χ1v) is 6.13. The van der Waals surface area contributed by atoms with Crippen molar-refractivity contribution < 1.29 is 9.21 Å². The first-order valence-electron chi connectivity index (χ1n) is 5.38. The minimum atomic E-state index is -0.302. The fourth-order valence-electron chi connectivity index (χ4n) is 1.54. The molecule has 1 aromatic carbocycles. The molecule has 18 heavy (non-hydrogen) atoms. The van der Waals surface area contributed by atoms with E-state index in [-0.39, 0.29) is 22.9 Å². The Kier molecular flexibility index (Phi) is 3.94. The van der Waals surface area contributed by atoms with Crippen molar-refractivity contribution in [3.05, 3.63) is 58.0 Å². The van der Waals surface area contributed by atoms with E-state index in [1.807, 2.05) is 19.1 Å². The van der Waals surface area contributed by atoms with Crippen molar-refractivity contribution >= 4 is 29.1 Å². The maximum atomic E-state index is 11.8. The fraction of sp³-hybridized carbons (Fsp3) is 0.154. The largest absolute Gasteiger partial charge is 0.440 e. The van der Waals surface area contributed by atoms with Crippen molar-refractivity contribution in [3.63, 3.8) is 0 Å². The molecule has 2 aromatic rings. The number of benzene rings is 1. The van der Waals surface area contributed by atoms with Crippen LogP contribution in [0.3, 0.4) is 0 Å². The van der Waals surface area contributed by atoms with Gasteiger partial charge in [-0.25, -0.2) is 0 Å². The third kappa shape index (κ3) is 3.06. The molecule has 1 heterocycles. The molecule has 0 fully saturated rings. The monoisotopic (exact) mass is 283 g/mol. The van der Waals surface area contributed by atoms with Crippen LogP contribution in [0.4, 0.5) is 0 Å². The summed E-state index contributed by atoms with van der Waals surface area (Å²) >= 11 is 11.4. The first-order chi connectivity index (χ1) is 8.56. The molecule has 3 nitrogen and oxygen atoms in total. The molecule has 5 heteroatoms. The third-order valence-electron chi connectivity index (χ3n) is 2.51. The van der Waals surface area contributed by atoms with Crippen LogP contribution in [0.5, 0.6) is 0 Å². The topological polar surface area (TPSA) is 42.2 Å². The van der Waals surface area contributed by atoms with Crippen LogP contribution in [0.15, 0.2) is 40.8 Å². The summed E-state index contributed by atoms with van der Waals surface area (Å²) in [4.78, 5) is 11.8. The number of nitrogens with one attached hydrogen (secondary N) is 1. The van der Waals surface area contributed by atoms with E-state index in [0.29, 0.717) is 5.02 Å². The van der Waals surface area contributed by atoms with Crippen molar-refractivity contribution in [1.29, 1.82) is 0 Å². The van der Waals surface area contributed by atoms with Gasteiger partial charge in [-0.05, 0) is 48.4 Å². The molecule has 0 saturated heterocycles. The third-order valence-corrected chi connectivity index (χ3v) is 2.97. The normalized spacial score (nSPS) is 12.2. The van der Waals surface area contributed by atoms with Crippen molar-refractivity contribution in [2.75, 3.05) is 0 Å². The van der Waals surface area contributed by atoms with Crippen molar-refractivity contribution in [2.45, 2.75) is 13.0 Å². The summed E-state index contributed by atoms with van der Waals surface area (Å²) in [5.41, 5.74) is 0.963. The lowest BCUT2D eigenvalue weighted by atomic mass is 10.1. The molecule has 1 aromatic heterocycles. The quantitative estimate of drug-likeness (QED) is 0.922. The van der Waals surface area contributed by atoms with Gasteiger partial charge in [0.2, 0.25) is 0 Å². The SMILES string of the molecule is C[C@H](NC(=O)c1ccc(Cl)o1)c1ccc(Cl)cc1. The van der Waals surface area contributed by atoms with Gasteiger partial charge >= 0.3 is 0 Å². The Balaban J connectivity index is 2.05. The smallest absolute Gasteiger partial charge is 0.287 e. The predicted molar refractivity (Wildman–Crippen MR) is 71.1 cm³/mol. The fourth-order valence-corrected chi connectivity index (χ4v) is 1.81. The summed E-state index contributed by atoms with van der Waals surface area (Å²) in [5.74, 6) is -0.106. The van der Waals surface area contributed by atoms with E-state index >= 15 is 0 Å². The molecule has 1 amide bonds.